The molecule has 0 saturated carbocycles. The maximum Gasteiger partial charge on any atom is 0.230 e. The highest BCUT2D eigenvalue weighted by atomic mass is 16.5. The van der Waals surface area contributed by atoms with Crippen LogP contribution in [0.4, 0.5) is 11.4 Å². The van der Waals surface area contributed by atoms with Gasteiger partial charge in [0.2, 0.25) is 5.72 Å². The molecule has 0 aliphatic carbocycles. The molecule has 0 amide bonds. The van der Waals surface area contributed by atoms with Crippen LogP contribution in [0.15, 0.2) is 53.7 Å². The summed E-state index contributed by atoms with van der Waals surface area (Å²) in [5.74, 6) is 0.815. The molecule has 5 rings (SSSR count). The molecule has 26 heavy (non-hydrogen) atoms. The summed E-state index contributed by atoms with van der Waals surface area (Å²) in [4.78, 5) is 11.8. The van der Waals surface area contributed by atoms with Crippen molar-refractivity contribution in [1.29, 1.82) is 0 Å². The average molecular weight is 343 g/mol. The van der Waals surface area contributed by atoms with Crippen LogP contribution in [0.5, 0.6) is 5.75 Å². The maximum atomic E-state index is 6.68. The van der Waals surface area contributed by atoms with E-state index in [0.29, 0.717) is 0 Å². The van der Waals surface area contributed by atoms with E-state index in [2.05, 4.69) is 57.0 Å². The number of benzene rings is 2. The van der Waals surface area contributed by atoms with Crippen molar-refractivity contribution < 1.29 is 4.74 Å². The molecule has 3 aromatic rings. The minimum absolute atomic E-state index is 0.336. The second kappa shape index (κ2) is 4.85. The number of rotatable bonds is 0. The molecule has 4 nitrogen and oxygen atoms in total. The first-order chi connectivity index (χ1) is 12.4. The van der Waals surface area contributed by atoms with E-state index < -0.39 is 5.72 Å². The normalized spacial score (nSPS) is 22.4. The summed E-state index contributed by atoms with van der Waals surface area (Å²) >= 11 is 0. The third-order valence-electron chi connectivity index (χ3n) is 5.85. The number of aromatic nitrogens is 1. The number of ether oxygens (including phenoxy) is 1. The lowest BCUT2D eigenvalue weighted by molar-refractivity contribution is 0.0811. The van der Waals surface area contributed by atoms with Gasteiger partial charge < -0.3 is 9.64 Å². The molecule has 1 unspecified atom stereocenters. The largest absolute Gasteiger partial charge is 0.459 e. The second-order valence-electron chi connectivity index (χ2n) is 7.75. The SMILES string of the molecule is Cc1cnc2c(c1)N(C)C1(C=Nc3c(ccc4ccccc34)O1)C2(C)C. The Morgan fingerprint density at radius 3 is 2.73 bits per heavy atom. The van der Waals surface area contributed by atoms with E-state index in [1.54, 1.807) is 0 Å². The van der Waals surface area contributed by atoms with Gasteiger partial charge in [0.25, 0.3) is 0 Å². The zero-order chi connectivity index (χ0) is 18.1. The van der Waals surface area contributed by atoms with E-state index >= 15 is 0 Å². The Bertz CT molecular complexity index is 1090. The predicted octanol–water partition coefficient (Wildman–Crippen LogP) is 4.76. The van der Waals surface area contributed by atoms with Gasteiger partial charge in [-0.3, -0.25) is 9.98 Å². The Balaban J connectivity index is 1.71. The van der Waals surface area contributed by atoms with Gasteiger partial charge in [-0.2, -0.15) is 0 Å². The van der Waals surface area contributed by atoms with E-state index in [9.17, 15) is 0 Å². The van der Waals surface area contributed by atoms with Crippen LogP contribution in [-0.4, -0.2) is 24.0 Å². The van der Waals surface area contributed by atoms with Crippen molar-refractivity contribution in [2.24, 2.45) is 4.99 Å². The molecule has 130 valence electrons. The molecule has 2 aromatic carbocycles. The van der Waals surface area contributed by atoms with Crippen LogP contribution in [0.2, 0.25) is 0 Å². The van der Waals surface area contributed by atoms with Crippen LogP contribution in [0.3, 0.4) is 0 Å². The lowest BCUT2D eigenvalue weighted by Gasteiger charge is -2.44. The highest BCUT2D eigenvalue weighted by Gasteiger charge is 2.59. The molecular weight excluding hydrogens is 322 g/mol. The van der Waals surface area contributed by atoms with Gasteiger partial charge in [-0.25, -0.2) is 0 Å². The molecule has 4 heteroatoms. The monoisotopic (exact) mass is 343 g/mol. The molecule has 3 heterocycles. The molecule has 2 aliphatic rings. The molecule has 0 saturated heterocycles. The number of hydrogen-bond donors (Lipinski definition) is 0. The van der Waals surface area contributed by atoms with E-state index in [4.69, 9.17) is 14.7 Å². The Morgan fingerprint density at radius 1 is 1.08 bits per heavy atom. The van der Waals surface area contributed by atoms with Crippen LogP contribution in [0.25, 0.3) is 10.8 Å². The average Bonchev–Trinajstić information content (AvgIpc) is 2.80. The van der Waals surface area contributed by atoms with Gasteiger partial charge in [0.15, 0.2) is 0 Å². The highest BCUT2D eigenvalue weighted by Crippen LogP contribution is 2.53. The van der Waals surface area contributed by atoms with Crippen molar-refractivity contribution in [3.8, 4) is 5.75 Å². The summed E-state index contributed by atoms with van der Waals surface area (Å²) in [7, 11) is 2.06. The number of fused-ring (bicyclic) bond motifs is 4. The van der Waals surface area contributed by atoms with Gasteiger partial charge in [0, 0.05) is 18.6 Å². The minimum Gasteiger partial charge on any atom is -0.459 e. The molecule has 1 spiro atoms. The fraction of sp³-hybridized carbons (Fsp3) is 0.273. The summed E-state index contributed by atoms with van der Waals surface area (Å²) in [6.07, 6.45) is 3.88. The molecule has 2 aliphatic heterocycles. The number of nitrogens with zero attached hydrogens (tertiary/aromatic N) is 3. The fourth-order valence-electron chi connectivity index (χ4n) is 4.30. The smallest absolute Gasteiger partial charge is 0.230 e. The number of aryl methyl sites for hydroxylation is 1. The van der Waals surface area contributed by atoms with Crippen molar-refractivity contribution >= 4 is 28.4 Å². The van der Waals surface area contributed by atoms with Crippen LogP contribution in [-0.2, 0) is 5.41 Å². The van der Waals surface area contributed by atoms with Crippen LogP contribution >= 0.6 is 0 Å². The van der Waals surface area contributed by atoms with Crippen LogP contribution in [0.1, 0.15) is 25.1 Å². The maximum absolute atomic E-state index is 6.68. The van der Waals surface area contributed by atoms with E-state index in [0.717, 1.165) is 33.8 Å². The molecule has 0 N–H and O–H groups in total. The third kappa shape index (κ3) is 1.74. The zero-order valence-electron chi connectivity index (χ0n) is 15.4. The Labute approximate surface area is 153 Å². The predicted molar refractivity (Wildman–Crippen MR) is 106 cm³/mol. The topological polar surface area (TPSA) is 37.7 Å². The van der Waals surface area contributed by atoms with Gasteiger partial charge in [-0.1, -0.05) is 30.3 Å². The number of hydrogen-bond acceptors (Lipinski definition) is 4. The number of likely N-dealkylation sites (N-methyl/N-ethyl adjacent to an activating group) is 1. The van der Waals surface area contributed by atoms with Crippen molar-refractivity contribution in [2.75, 3.05) is 11.9 Å². The molecule has 0 bridgehead atoms. The Hall–Kier alpha value is -2.88. The van der Waals surface area contributed by atoms with Crippen molar-refractivity contribution in [1.82, 2.24) is 4.98 Å². The van der Waals surface area contributed by atoms with Gasteiger partial charge in [-0.05, 0) is 43.9 Å². The standard InChI is InChI=1S/C22H21N3O/c1-14-11-17-20(23-12-14)21(2,3)22(25(17)4)13-24-19-16-8-6-5-7-15(16)9-10-18(19)26-22/h5-13H,1-4H3. The number of anilines is 1. The first kappa shape index (κ1) is 15.4. The number of pyridine rings is 1. The fourth-order valence-corrected chi connectivity index (χ4v) is 4.30. The summed E-state index contributed by atoms with van der Waals surface area (Å²) in [5.41, 5.74) is 3.16. The van der Waals surface area contributed by atoms with E-state index in [-0.39, 0.29) is 5.41 Å². The Kier molecular flexibility index (Phi) is 2.87. The summed E-state index contributed by atoms with van der Waals surface area (Å²) in [6, 6.07) is 14.6. The summed E-state index contributed by atoms with van der Waals surface area (Å²) < 4.78 is 6.68. The zero-order valence-corrected chi connectivity index (χ0v) is 15.4. The van der Waals surface area contributed by atoms with Crippen LogP contribution < -0.4 is 9.64 Å². The summed E-state index contributed by atoms with van der Waals surface area (Å²) in [6.45, 7) is 6.42. The molecule has 0 radical (unpaired) electrons. The second-order valence-corrected chi connectivity index (χ2v) is 7.75. The third-order valence-corrected chi connectivity index (χ3v) is 5.85. The van der Waals surface area contributed by atoms with Crippen molar-refractivity contribution in [2.45, 2.75) is 31.9 Å². The summed E-state index contributed by atoms with van der Waals surface area (Å²) in [5, 5.41) is 2.28. The number of aliphatic imine (C=N–C) groups is 1. The minimum atomic E-state index is -0.689. The van der Waals surface area contributed by atoms with E-state index in [1.165, 1.54) is 5.39 Å². The molecule has 1 aromatic heterocycles. The molecular formula is C22H21N3O. The quantitative estimate of drug-likeness (QED) is 0.590. The lowest BCUT2D eigenvalue weighted by atomic mass is 9.80. The highest BCUT2D eigenvalue weighted by molar-refractivity contribution is 5.99. The van der Waals surface area contributed by atoms with Crippen molar-refractivity contribution in [3.63, 3.8) is 0 Å². The van der Waals surface area contributed by atoms with Crippen molar-refractivity contribution in [3.05, 3.63) is 59.9 Å². The first-order valence-corrected chi connectivity index (χ1v) is 8.91. The van der Waals surface area contributed by atoms with Gasteiger partial charge in [0.1, 0.15) is 11.4 Å². The van der Waals surface area contributed by atoms with Gasteiger partial charge in [0.05, 0.1) is 23.0 Å². The molecule has 0 fully saturated rings. The van der Waals surface area contributed by atoms with Gasteiger partial charge in [-0.15, -0.1) is 0 Å². The van der Waals surface area contributed by atoms with E-state index in [1.807, 2.05) is 30.6 Å². The first-order valence-electron chi connectivity index (χ1n) is 8.91. The Morgan fingerprint density at radius 2 is 1.88 bits per heavy atom. The van der Waals surface area contributed by atoms with Crippen LogP contribution in [0, 0.1) is 6.92 Å². The molecule has 1 atom stereocenters. The van der Waals surface area contributed by atoms with Gasteiger partial charge >= 0.3 is 0 Å². The lowest BCUT2D eigenvalue weighted by Crippen LogP contribution is -2.61.